The molecule has 36 heavy (non-hydrogen) atoms. The van der Waals surface area contributed by atoms with Gasteiger partial charge in [-0.05, 0) is 73.9 Å². The molecule has 0 aromatic carbocycles. The van der Waals surface area contributed by atoms with Crippen LogP contribution in [0.1, 0.15) is 93.4 Å². The van der Waals surface area contributed by atoms with Crippen LogP contribution in [0.5, 0.6) is 0 Å². The molecule has 1 saturated carbocycles. The zero-order valence-electron chi connectivity index (χ0n) is 24.3. The van der Waals surface area contributed by atoms with Gasteiger partial charge in [-0.1, -0.05) is 60.6 Å². The van der Waals surface area contributed by atoms with E-state index in [1.165, 1.54) is 0 Å². The van der Waals surface area contributed by atoms with Crippen LogP contribution in [-0.4, -0.2) is 38.6 Å². The lowest BCUT2D eigenvalue weighted by atomic mass is 9.60. The predicted molar refractivity (Wildman–Crippen MR) is 147 cm³/mol. The first-order valence-electron chi connectivity index (χ1n) is 14.5. The van der Waals surface area contributed by atoms with Crippen molar-refractivity contribution in [3.63, 3.8) is 0 Å². The van der Waals surface area contributed by atoms with Crippen molar-refractivity contribution in [2.24, 2.45) is 35.5 Å². The Hall–Kier alpha value is -1.14. The van der Waals surface area contributed by atoms with E-state index in [1.54, 1.807) is 0 Å². The number of hydrogen-bond acceptors (Lipinski definition) is 5. The van der Waals surface area contributed by atoms with E-state index in [0.29, 0.717) is 36.0 Å². The highest BCUT2D eigenvalue weighted by molar-refractivity contribution is 6.74. The number of hydrogen-bond donors (Lipinski definition) is 0. The second-order valence-electron chi connectivity index (χ2n) is 13.6. The summed E-state index contributed by atoms with van der Waals surface area (Å²) in [5.74, 6) is 1.94. The molecule has 5 nitrogen and oxygen atoms in total. The molecule has 0 N–H and O–H groups in total. The number of esters is 2. The topological polar surface area (TPSA) is 61.8 Å². The maximum atomic E-state index is 12.8. The van der Waals surface area contributed by atoms with Crippen molar-refractivity contribution in [3.05, 3.63) is 12.2 Å². The monoisotopic (exact) mass is 520 g/mol. The van der Waals surface area contributed by atoms with Gasteiger partial charge in [-0.15, -0.1) is 0 Å². The Morgan fingerprint density at radius 2 is 1.83 bits per heavy atom. The third-order valence-corrected chi connectivity index (χ3v) is 14.2. The lowest BCUT2D eigenvalue weighted by Gasteiger charge is -2.48. The summed E-state index contributed by atoms with van der Waals surface area (Å²) in [5, 5.41) is 0.114. The van der Waals surface area contributed by atoms with E-state index in [-0.39, 0.29) is 41.2 Å². The first-order chi connectivity index (χ1) is 16.7. The highest BCUT2D eigenvalue weighted by Gasteiger charge is 2.46. The van der Waals surface area contributed by atoms with E-state index in [1.807, 2.05) is 13.8 Å². The number of fused-ring (bicyclic) bond motifs is 1. The maximum absolute atomic E-state index is 12.8. The van der Waals surface area contributed by atoms with Gasteiger partial charge in [-0.25, -0.2) is 0 Å². The number of ether oxygens (including phenoxy) is 2. The van der Waals surface area contributed by atoms with Gasteiger partial charge in [0, 0.05) is 12.3 Å². The molecule has 9 atom stereocenters. The Morgan fingerprint density at radius 1 is 1.14 bits per heavy atom. The van der Waals surface area contributed by atoms with Gasteiger partial charge in [0.25, 0.3) is 0 Å². The number of cyclic esters (lactones) is 1. The molecule has 6 heteroatoms. The van der Waals surface area contributed by atoms with Gasteiger partial charge in [-0.2, -0.15) is 0 Å². The van der Waals surface area contributed by atoms with Crippen LogP contribution in [0.15, 0.2) is 12.2 Å². The Morgan fingerprint density at radius 3 is 2.47 bits per heavy atom. The normalized spacial score (nSPS) is 36.1. The van der Waals surface area contributed by atoms with Crippen molar-refractivity contribution in [2.75, 3.05) is 0 Å². The SMILES string of the molecule is CC[C@H](C)C(=O)O[C@H]1C[C@@H](C)C[C@@H]2C=C[C@H](C)[C@H](CC[C@@H]3C[C@@H](O[Si](C)(C)C(C)(C)C)CC(=O)O3)[C@@H]12. The highest BCUT2D eigenvalue weighted by atomic mass is 28.4. The molecule has 1 aliphatic heterocycles. The highest BCUT2D eigenvalue weighted by Crippen LogP contribution is 2.48. The first-order valence-corrected chi connectivity index (χ1v) is 17.4. The van der Waals surface area contributed by atoms with Crippen molar-refractivity contribution < 1.29 is 23.5 Å². The largest absolute Gasteiger partial charge is 0.462 e. The van der Waals surface area contributed by atoms with Crippen molar-refractivity contribution in [1.82, 2.24) is 0 Å². The Balaban J connectivity index is 1.69. The predicted octanol–water partition coefficient (Wildman–Crippen LogP) is 7.30. The third-order valence-electron chi connectivity index (χ3n) is 9.65. The molecule has 1 saturated heterocycles. The third kappa shape index (κ3) is 7.03. The van der Waals surface area contributed by atoms with Crippen LogP contribution < -0.4 is 0 Å². The molecule has 0 bridgehead atoms. The van der Waals surface area contributed by atoms with Gasteiger partial charge < -0.3 is 13.9 Å². The zero-order chi connectivity index (χ0) is 26.8. The summed E-state index contributed by atoms with van der Waals surface area (Å²) in [6.45, 7) is 19.8. The van der Waals surface area contributed by atoms with Crippen LogP contribution in [0.3, 0.4) is 0 Å². The molecular formula is C30H52O5Si. The van der Waals surface area contributed by atoms with Crippen molar-refractivity contribution in [3.8, 4) is 0 Å². The number of rotatable bonds is 8. The van der Waals surface area contributed by atoms with Crippen LogP contribution >= 0.6 is 0 Å². The molecule has 0 unspecified atom stereocenters. The molecule has 0 spiro atoms. The molecular weight excluding hydrogens is 468 g/mol. The molecule has 3 aliphatic rings. The maximum Gasteiger partial charge on any atom is 0.308 e. The average molecular weight is 521 g/mol. The smallest absolute Gasteiger partial charge is 0.308 e. The average Bonchev–Trinajstić information content (AvgIpc) is 2.76. The quantitative estimate of drug-likeness (QED) is 0.191. The van der Waals surface area contributed by atoms with Gasteiger partial charge in [0.15, 0.2) is 8.32 Å². The Bertz CT molecular complexity index is 800. The van der Waals surface area contributed by atoms with Crippen LogP contribution in [-0.2, 0) is 23.5 Å². The fourth-order valence-electron chi connectivity index (χ4n) is 6.26. The first kappa shape index (κ1) is 29.4. The van der Waals surface area contributed by atoms with Gasteiger partial charge in [0.1, 0.15) is 12.2 Å². The van der Waals surface area contributed by atoms with Crippen LogP contribution in [0.25, 0.3) is 0 Å². The summed E-state index contributed by atoms with van der Waals surface area (Å²) in [6, 6.07) is 0. The molecule has 0 aromatic rings. The van der Waals surface area contributed by atoms with Crippen molar-refractivity contribution in [1.29, 1.82) is 0 Å². The van der Waals surface area contributed by atoms with Gasteiger partial charge in [-0.3, -0.25) is 9.59 Å². The van der Waals surface area contributed by atoms with Crippen molar-refractivity contribution in [2.45, 2.75) is 130 Å². The van der Waals surface area contributed by atoms with E-state index < -0.39 is 8.32 Å². The van der Waals surface area contributed by atoms with E-state index in [9.17, 15) is 9.59 Å². The minimum Gasteiger partial charge on any atom is -0.462 e. The lowest BCUT2D eigenvalue weighted by Crippen LogP contribution is -2.47. The van der Waals surface area contributed by atoms with Gasteiger partial charge in [0.05, 0.1) is 18.4 Å². The molecule has 2 aliphatic carbocycles. The van der Waals surface area contributed by atoms with E-state index in [2.05, 4.69) is 59.9 Å². The summed E-state index contributed by atoms with van der Waals surface area (Å²) in [5.41, 5.74) is 0. The van der Waals surface area contributed by atoms with Gasteiger partial charge in [0.2, 0.25) is 0 Å². The summed E-state index contributed by atoms with van der Waals surface area (Å²) < 4.78 is 18.6. The number of carbonyl (C=O) groups is 2. The van der Waals surface area contributed by atoms with Crippen LogP contribution in [0.4, 0.5) is 0 Å². The lowest BCUT2D eigenvalue weighted by molar-refractivity contribution is -0.165. The molecule has 3 rings (SSSR count). The molecule has 206 valence electrons. The fourth-order valence-corrected chi connectivity index (χ4v) is 7.62. The summed E-state index contributed by atoms with van der Waals surface area (Å²) in [6.07, 6.45) is 10.5. The minimum absolute atomic E-state index is 0.0266. The number of allylic oxidation sites excluding steroid dienone is 2. The minimum atomic E-state index is -1.95. The second kappa shape index (κ2) is 11.7. The van der Waals surface area contributed by atoms with E-state index in [0.717, 1.165) is 38.5 Å². The fraction of sp³-hybridized carbons (Fsp3) is 0.867. The number of carbonyl (C=O) groups excluding carboxylic acids is 2. The van der Waals surface area contributed by atoms with Crippen LogP contribution in [0, 0.1) is 35.5 Å². The zero-order valence-corrected chi connectivity index (χ0v) is 25.3. The van der Waals surface area contributed by atoms with Gasteiger partial charge >= 0.3 is 11.9 Å². The summed E-state index contributed by atoms with van der Waals surface area (Å²) >= 11 is 0. The Kier molecular flexibility index (Phi) is 9.57. The summed E-state index contributed by atoms with van der Waals surface area (Å²) in [4.78, 5) is 25.3. The standard InChI is InChI=1S/C30H52O5Si/c1-10-20(3)29(32)34-26-16-19(2)15-22-12-11-21(4)25(28(22)26)14-13-23-17-24(18-27(31)33-23)35-36(8,9)30(5,6)7/h11-12,19-26,28H,10,13-18H2,1-9H3/t19-,20-,21-,22-,23+,24+,25-,26-,28-/m0/s1. The van der Waals surface area contributed by atoms with E-state index >= 15 is 0 Å². The molecule has 0 radical (unpaired) electrons. The molecule has 1 heterocycles. The van der Waals surface area contributed by atoms with Crippen molar-refractivity contribution >= 4 is 20.3 Å². The van der Waals surface area contributed by atoms with E-state index in [4.69, 9.17) is 13.9 Å². The molecule has 0 aromatic heterocycles. The Labute approximate surface area is 221 Å². The van der Waals surface area contributed by atoms with Crippen LogP contribution in [0.2, 0.25) is 18.1 Å². The second-order valence-corrected chi connectivity index (χ2v) is 18.4. The summed E-state index contributed by atoms with van der Waals surface area (Å²) in [7, 11) is -1.95. The molecule has 2 fully saturated rings. The molecule has 0 amide bonds.